The van der Waals surface area contributed by atoms with Gasteiger partial charge < -0.3 is 10.2 Å². The Hall–Kier alpha value is -3.48. The van der Waals surface area contributed by atoms with Crippen molar-refractivity contribution in [3.63, 3.8) is 0 Å². The van der Waals surface area contributed by atoms with E-state index in [0.29, 0.717) is 42.1 Å². The van der Waals surface area contributed by atoms with Gasteiger partial charge in [-0.15, -0.1) is 0 Å². The molecule has 0 aliphatic carbocycles. The van der Waals surface area contributed by atoms with Gasteiger partial charge in [0, 0.05) is 31.7 Å². The molecule has 176 valence electrons. The Balaban J connectivity index is 1.23. The molecule has 0 saturated carbocycles. The number of likely N-dealkylation sites (tertiary alicyclic amines) is 1. The smallest absolute Gasteiger partial charge is 0.313 e. The third kappa shape index (κ3) is 4.74. The van der Waals surface area contributed by atoms with Gasteiger partial charge in [-0.2, -0.15) is 0 Å². The minimum atomic E-state index is -0.663. The third-order valence-electron chi connectivity index (χ3n) is 7.04. The third-order valence-corrected chi connectivity index (χ3v) is 7.04. The number of amides is 2. The lowest BCUT2D eigenvalue weighted by Crippen LogP contribution is -2.44. The van der Waals surface area contributed by atoms with Crippen molar-refractivity contribution in [2.45, 2.75) is 51.5 Å². The molecule has 2 aliphatic heterocycles. The Kier molecular flexibility index (Phi) is 6.43. The summed E-state index contributed by atoms with van der Waals surface area (Å²) in [4.78, 5) is 44.8. The summed E-state index contributed by atoms with van der Waals surface area (Å²) in [6.07, 6.45) is 6.67. The summed E-state index contributed by atoms with van der Waals surface area (Å²) in [5.74, 6) is 0.168. The van der Waals surface area contributed by atoms with Crippen LogP contribution in [0.1, 0.15) is 43.5 Å². The zero-order valence-electron chi connectivity index (χ0n) is 19.3. The van der Waals surface area contributed by atoms with Crippen molar-refractivity contribution in [1.82, 2.24) is 14.5 Å². The first-order valence-electron chi connectivity index (χ1n) is 12.3. The second-order valence-electron chi connectivity index (χ2n) is 9.41. The van der Waals surface area contributed by atoms with Gasteiger partial charge in [0.25, 0.3) is 5.56 Å². The van der Waals surface area contributed by atoms with Crippen LogP contribution in [0.3, 0.4) is 0 Å². The van der Waals surface area contributed by atoms with Crippen LogP contribution in [0.25, 0.3) is 10.9 Å². The largest absolute Gasteiger partial charge is 0.334 e. The van der Waals surface area contributed by atoms with Gasteiger partial charge in [0.2, 0.25) is 0 Å². The van der Waals surface area contributed by atoms with Crippen molar-refractivity contribution in [3.8, 4) is 0 Å². The lowest BCUT2D eigenvalue weighted by Gasteiger charge is -2.31. The number of rotatable bonds is 3. The van der Waals surface area contributed by atoms with Crippen LogP contribution in [0.4, 0.5) is 5.69 Å². The van der Waals surface area contributed by atoms with Gasteiger partial charge in [-0.1, -0.05) is 36.8 Å². The van der Waals surface area contributed by atoms with Crippen molar-refractivity contribution in [2.75, 3.05) is 18.4 Å². The summed E-state index contributed by atoms with van der Waals surface area (Å²) in [5.41, 5.74) is 2.30. The Morgan fingerprint density at radius 3 is 2.56 bits per heavy atom. The molecule has 3 heterocycles. The average Bonchev–Trinajstić information content (AvgIpc) is 3.11. The van der Waals surface area contributed by atoms with Crippen molar-refractivity contribution < 1.29 is 9.59 Å². The molecule has 34 heavy (non-hydrogen) atoms. The van der Waals surface area contributed by atoms with Crippen LogP contribution in [0.15, 0.2) is 53.3 Å². The zero-order valence-corrected chi connectivity index (χ0v) is 19.3. The van der Waals surface area contributed by atoms with E-state index in [-0.39, 0.29) is 5.56 Å². The molecule has 1 saturated heterocycles. The molecule has 0 unspecified atom stereocenters. The predicted octanol–water partition coefficient (Wildman–Crippen LogP) is 3.54. The van der Waals surface area contributed by atoms with Gasteiger partial charge in [0.05, 0.1) is 10.9 Å². The normalized spacial score (nSPS) is 16.6. The summed E-state index contributed by atoms with van der Waals surface area (Å²) < 4.78 is 1.76. The number of carbonyl (C=O) groups excluding carboxylic acids is 2. The predicted molar refractivity (Wildman–Crippen MR) is 132 cm³/mol. The summed E-state index contributed by atoms with van der Waals surface area (Å²) >= 11 is 0. The van der Waals surface area contributed by atoms with Crippen molar-refractivity contribution in [3.05, 3.63) is 70.3 Å². The minimum absolute atomic E-state index is 0.0789. The van der Waals surface area contributed by atoms with Gasteiger partial charge in [0.15, 0.2) is 0 Å². The van der Waals surface area contributed by atoms with E-state index in [1.807, 2.05) is 18.2 Å². The number of anilines is 1. The maximum Gasteiger partial charge on any atom is 0.313 e. The van der Waals surface area contributed by atoms with E-state index in [0.717, 1.165) is 50.8 Å². The fourth-order valence-electron chi connectivity index (χ4n) is 5.11. The molecule has 7 heteroatoms. The molecule has 0 bridgehead atoms. The lowest BCUT2D eigenvalue weighted by atomic mass is 9.90. The standard InChI is InChI=1S/C27H30N4O3/c32-25(27(34)30-15-12-20(13-16-30)17-19-7-3-1-4-8-19)28-21-10-11-23-22(18-21)26(33)31-14-6-2-5-9-24(31)29-23/h1,3-4,7-8,10-11,18,20H,2,5-6,9,12-17H2,(H,28,32). The number of piperidine rings is 1. The first kappa shape index (κ1) is 22.3. The highest BCUT2D eigenvalue weighted by molar-refractivity contribution is 6.39. The first-order valence-corrected chi connectivity index (χ1v) is 12.3. The van der Waals surface area contributed by atoms with E-state index in [1.165, 1.54) is 5.56 Å². The van der Waals surface area contributed by atoms with Crippen LogP contribution in [0.2, 0.25) is 0 Å². The number of benzene rings is 2. The summed E-state index contributed by atoms with van der Waals surface area (Å²) in [7, 11) is 0. The molecule has 1 N–H and O–H groups in total. The molecule has 0 radical (unpaired) electrons. The van der Waals surface area contributed by atoms with Crippen LogP contribution in [0, 0.1) is 5.92 Å². The fourth-order valence-corrected chi connectivity index (χ4v) is 5.11. The fraction of sp³-hybridized carbons (Fsp3) is 0.407. The molecule has 1 aromatic heterocycles. The van der Waals surface area contributed by atoms with Crippen molar-refractivity contribution >= 4 is 28.4 Å². The number of carbonyl (C=O) groups is 2. The Morgan fingerprint density at radius 1 is 0.971 bits per heavy atom. The van der Waals surface area contributed by atoms with Gasteiger partial charge >= 0.3 is 11.8 Å². The number of hydrogen-bond donors (Lipinski definition) is 1. The molecule has 1 fully saturated rings. The molecule has 2 aliphatic rings. The molecule has 3 aromatic rings. The molecule has 2 amide bonds. The van der Waals surface area contributed by atoms with E-state index in [4.69, 9.17) is 0 Å². The molecular formula is C27H30N4O3. The Bertz CT molecular complexity index is 1260. The quantitative estimate of drug-likeness (QED) is 0.609. The SMILES string of the molecule is O=C(Nc1ccc2nc3n(c(=O)c2c1)CCCCC3)C(=O)N1CCC(Cc2ccccc2)CC1. The highest BCUT2D eigenvalue weighted by Gasteiger charge is 2.27. The van der Waals surface area contributed by atoms with Crippen LogP contribution >= 0.6 is 0 Å². The van der Waals surface area contributed by atoms with E-state index in [2.05, 4.69) is 22.4 Å². The number of aromatic nitrogens is 2. The van der Waals surface area contributed by atoms with E-state index >= 15 is 0 Å². The van der Waals surface area contributed by atoms with E-state index in [9.17, 15) is 14.4 Å². The van der Waals surface area contributed by atoms with Crippen LogP contribution in [-0.4, -0.2) is 39.4 Å². The van der Waals surface area contributed by atoms with E-state index in [1.54, 1.807) is 27.7 Å². The highest BCUT2D eigenvalue weighted by atomic mass is 16.2. The van der Waals surface area contributed by atoms with Crippen LogP contribution < -0.4 is 10.9 Å². The molecule has 5 rings (SSSR count). The van der Waals surface area contributed by atoms with Gasteiger partial charge in [-0.05, 0) is 61.8 Å². The zero-order chi connectivity index (χ0) is 23.5. The number of hydrogen-bond acceptors (Lipinski definition) is 4. The van der Waals surface area contributed by atoms with Gasteiger partial charge in [-0.25, -0.2) is 4.98 Å². The van der Waals surface area contributed by atoms with Crippen molar-refractivity contribution in [1.29, 1.82) is 0 Å². The number of nitrogens with zero attached hydrogens (tertiary/aromatic N) is 3. The molecule has 2 aromatic carbocycles. The molecule has 0 spiro atoms. The second kappa shape index (κ2) is 9.79. The maximum absolute atomic E-state index is 13.0. The van der Waals surface area contributed by atoms with Gasteiger partial charge in [0.1, 0.15) is 5.82 Å². The molecule has 7 nitrogen and oxygen atoms in total. The average molecular weight is 459 g/mol. The Labute approximate surface area is 198 Å². The number of aryl methyl sites for hydroxylation is 1. The summed E-state index contributed by atoms with van der Waals surface area (Å²) in [6.45, 7) is 1.84. The number of nitrogens with one attached hydrogen (secondary N) is 1. The van der Waals surface area contributed by atoms with E-state index < -0.39 is 11.8 Å². The summed E-state index contributed by atoms with van der Waals surface area (Å²) in [6, 6.07) is 15.5. The van der Waals surface area contributed by atoms with Gasteiger partial charge in [-0.3, -0.25) is 19.0 Å². The lowest BCUT2D eigenvalue weighted by molar-refractivity contribution is -0.144. The first-order chi connectivity index (χ1) is 16.6. The molecular weight excluding hydrogens is 428 g/mol. The maximum atomic E-state index is 13.0. The monoisotopic (exact) mass is 458 g/mol. The Morgan fingerprint density at radius 2 is 1.76 bits per heavy atom. The van der Waals surface area contributed by atoms with Crippen LogP contribution in [0.5, 0.6) is 0 Å². The highest BCUT2D eigenvalue weighted by Crippen LogP contribution is 2.22. The summed E-state index contributed by atoms with van der Waals surface area (Å²) in [5, 5.41) is 3.17. The van der Waals surface area contributed by atoms with Crippen molar-refractivity contribution in [2.24, 2.45) is 5.92 Å². The molecule has 0 atom stereocenters. The minimum Gasteiger partial charge on any atom is -0.334 e. The topological polar surface area (TPSA) is 84.3 Å². The number of fused-ring (bicyclic) bond motifs is 2. The second-order valence-corrected chi connectivity index (χ2v) is 9.41. The van der Waals surface area contributed by atoms with Crippen LogP contribution in [-0.2, 0) is 29.0 Å².